The van der Waals surface area contributed by atoms with Crippen LogP contribution in [-0.2, 0) is 0 Å². The van der Waals surface area contributed by atoms with Crippen LogP contribution in [-0.4, -0.2) is 12.1 Å². The predicted molar refractivity (Wildman–Crippen MR) is 70.2 cm³/mol. The third kappa shape index (κ3) is 1.87. The molecular formula is C15H19NO. The van der Waals surface area contributed by atoms with E-state index in [4.69, 9.17) is 4.42 Å². The van der Waals surface area contributed by atoms with Crippen molar-refractivity contribution in [2.24, 2.45) is 0 Å². The van der Waals surface area contributed by atoms with Crippen LogP contribution in [0.1, 0.15) is 38.4 Å². The van der Waals surface area contributed by atoms with E-state index < -0.39 is 0 Å². The molecule has 0 radical (unpaired) electrons. The highest BCUT2D eigenvalue weighted by molar-refractivity contribution is 5.77. The van der Waals surface area contributed by atoms with Gasteiger partial charge >= 0.3 is 0 Å². The summed E-state index contributed by atoms with van der Waals surface area (Å²) in [5, 5.41) is 4.86. The Morgan fingerprint density at radius 2 is 2.18 bits per heavy atom. The van der Waals surface area contributed by atoms with Gasteiger partial charge in [-0.1, -0.05) is 25.1 Å². The average molecular weight is 229 g/mol. The molecule has 17 heavy (non-hydrogen) atoms. The maximum absolute atomic E-state index is 5.99. The summed E-state index contributed by atoms with van der Waals surface area (Å²) >= 11 is 0. The zero-order valence-corrected chi connectivity index (χ0v) is 10.4. The summed E-state index contributed by atoms with van der Waals surface area (Å²) in [7, 11) is 0. The molecule has 0 saturated carbocycles. The van der Waals surface area contributed by atoms with Crippen LogP contribution in [0.25, 0.3) is 11.0 Å². The molecule has 1 N–H and O–H groups in total. The van der Waals surface area contributed by atoms with Crippen molar-refractivity contribution >= 4 is 11.0 Å². The molecule has 0 spiro atoms. The Kier molecular flexibility index (Phi) is 2.67. The standard InChI is InChI=1S/C15H19NO/c1-3-13-12(8-10(2)16-13)15-9-11-6-4-5-7-14(11)17-15/h4-7,9-10,12-13,16H,3,8H2,1-2H3. The molecule has 3 rings (SSSR count). The first kappa shape index (κ1) is 10.8. The number of benzene rings is 1. The number of furan rings is 1. The summed E-state index contributed by atoms with van der Waals surface area (Å²) in [4.78, 5) is 0. The number of nitrogens with one attached hydrogen (secondary N) is 1. The van der Waals surface area contributed by atoms with E-state index in [9.17, 15) is 0 Å². The lowest BCUT2D eigenvalue weighted by molar-refractivity contribution is 0.441. The fourth-order valence-electron chi connectivity index (χ4n) is 3.00. The summed E-state index contributed by atoms with van der Waals surface area (Å²) in [6.07, 6.45) is 2.34. The molecule has 2 heteroatoms. The lowest BCUT2D eigenvalue weighted by Crippen LogP contribution is -2.28. The van der Waals surface area contributed by atoms with E-state index in [1.165, 1.54) is 11.8 Å². The highest BCUT2D eigenvalue weighted by atomic mass is 16.3. The molecule has 0 bridgehead atoms. The number of fused-ring (bicyclic) bond motifs is 1. The second kappa shape index (κ2) is 4.19. The van der Waals surface area contributed by atoms with E-state index in [0.29, 0.717) is 18.0 Å². The SMILES string of the molecule is CCC1NC(C)CC1c1cc2ccccc2o1. The second-order valence-electron chi connectivity index (χ2n) is 5.11. The van der Waals surface area contributed by atoms with Gasteiger partial charge in [0.05, 0.1) is 0 Å². The first-order valence-corrected chi connectivity index (χ1v) is 6.52. The molecule has 0 amide bonds. The Balaban J connectivity index is 1.97. The molecular weight excluding hydrogens is 210 g/mol. The van der Waals surface area contributed by atoms with Crippen LogP contribution < -0.4 is 5.32 Å². The fourth-order valence-corrected chi connectivity index (χ4v) is 3.00. The van der Waals surface area contributed by atoms with Crippen molar-refractivity contribution < 1.29 is 4.42 Å². The van der Waals surface area contributed by atoms with Crippen LogP contribution in [0.2, 0.25) is 0 Å². The van der Waals surface area contributed by atoms with E-state index >= 15 is 0 Å². The molecule has 1 saturated heterocycles. The van der Waals surface area contributed by atoms with Crippen LogP contribution in [0.5, 0.6) is 0 Å². The van der Waals surface area contributed by atoms with Crippen LogP contribution in [0.4, 0.5) is 0 Å². The Morgan fingerprint density at radius 1 is 1.35 bits per heavy atom. The molecule has 2 nitrogen and oxygen atoms in total. The van der Waals surface area contributed by atoms with Gasteiger partial charge in [0.25, 0.3) is 0 Å². The molecule has 1 aromatic heterocycles. The lowest BCUT2D eigenvalue weighted by atomic mass is 9.95. The Morgan fingerprint density at radius 3 is 2.94 bits per heavy atom. The minimum atomic E-state index is 0.530. The summed E-state index contributed by atoms with van der Waals surface area (Å²) in [5.74, 6) is 1.68. The summed E-state index contributed by atoms with van der Waals surface area (Å²) in [6.45, 7) is 4.50. The van der Waals surface area contributed by atoms with Gasteiger partial charge < -0.3 is 9.73 Å². The van der Waals surface area contributed by atoms with Gasteiger partial charge in [0, 0.05) is 23.4 Å². The van der Waals surface area contributed by atoms with Gasteiger partial charge in [0.1, 0.15) is 11.3 Å². The number of hydrogen-bond acceptors (Lipinski definition) is 2. The zero-order chi connectivity index (χ0) is 11.8. The Bertz CT molecular complexity index is 483. The highest BCUT2D eigenvalue weighted by Gasteiger charge is 2.33. The van der Waals surface area contributed by atoms with Crippen molar-refractivity contribution in [1.82, 2.24) is 5.32 Å². The van der Waals surface area contributed by atoms with E-state index in [1.54, 1.807) is 0 Å². The Hall–Kier alpha value is -1.28. The van der Waals surface area contributed by atoms with Crippen molar-refractivity contribution in [1.29, 1.82) is 0 Å². The van der Waals surface area contributed by atoms with Gasteiger partial charge in [-0.3, -0.25) is 0 Å². The van der Waals surface area contributed by atoms with Crippen molar-refractivity contribution in [3.05, 3.63) is 36.1 Å². The third-order valence-electron chi connectivity index (χ3n) is 3.84. The summed E-state index contributed by atoms with van der Waals surface area (Å²) in [6, 6.07) is 11.6. The molecule has 1 aliphatic rings. The average Bonchev–Trinajstić information content (AvgIpc) is 2.91. The minimum absolute atomic E-state index is 0.530. The maximum atomic E-state index is 5.99. The smallest absolute Gasteiger partial charge is 0.134 e. The molecule has 90 valence electrons. The molecule has 1 fully saturated rings. The van der Waals surface area contributed by atoms with E-state index in [2.05, 4.69) is 37.4 Å². The van der Waals surface area contributed by atoms with Crippen LogP contribution in [0.3, 0.4) is 0 Å². The quantitative estimate of drug-likeness (QED) is 0.849. The molecule has 2 heterocycles. The summed E-state index contributed by atoms with van der Waals surface area (Å²) in [5.41, 5.74) is 1.01. The van der Waals surface area contributed by atoms with Gasteiger partial charge in [-0.05, 0) is 31.9 Å². The monoisotopic (exact) mass is 229 g/mol. The van der Waals surface area contributed by atoms with Crippen LogP contribution in [0.15, 0.2) is 34.7 Å². The van der Waals surface area contributed by atoms with Crippen molar-refractivity contribution in [3.63, 3.8) is 0 Å². The molecule has 3 unspecified atom stereocenters. The van der Waals surface area contributed by atoms with E-state index in [-0.39, 0.29) is 0 Å². The lowest BCUT2D eigenvalue weighted by Gasteiger charge is -2.14. The van der Waals surface area contributed by atoms with E-state index in [0.717, 1.165) is 17.8 Å². The molecule has 2 aromatic rings. The van der Waals surface area contributed by atoms with Gasteiger partial charge in [0.15, 0.2) is 0 Å². The topological polar surface area (TPSA) is 25.2 Å². The zero-order valence-electron chi connectivity index (χ0n) is 10.4. The van der Waals surface area contributed by atoms with Crippen LogP contribution >= 0.6 is 0 Å². The molecule has 0 aliphatic carbocycles. The molecule has 1 aromatic carbocycles. The fraction of sp³-hybridized carbons (Fsp3) is 0.467. The van der Waals surface area contributed by atoms with Crippen LogP contribution in [0, 0.1) is 0 Å². The second-order valence-corrected chi connectivity index (χ2v) is 5.11. The maximum Gasteiger partial charge on any atom is 0.134 e. The van der Waals surface area contributed by atoms with Gasteiger partial charge in [-0.15, -0.1) is 0 Å². The number of para-hydroxylation sites is 1. The molecule has 1 aliphatic heterocycles. The minimum Gasteiger partial charge on any atom is -0.461 e. The largest absolute Gasteiger partial charge is 0.461 e. The molecule has 3 atom stereocenters. The summed E-state index contributed by atoms with van der Waals surface area (Å²) < 4.78 is 5.99. The van der Waals surface area contributed by atoms with Gasteiger partial charge in [-0.2, -0.15) is 0 Å². The third-order valence-corrected chi connectivity index (χ3v) is 3.84. The van der Waals surface area contributed by atoms with Crippen molar-refractivity contribution in [3.8, 4) is 0 Å². The van der Waals surface area contributed by atoms with Crippen molar-refractivity contribution in [2.45, 2.75) is 44.7 Å². The Labute approximate surface area is 102 Å². The first-order valence-electron chi connectivity index (χ1n) is 6.52. The van der Waals surface area contributed by atoms with Gasteiger partial charge in [-0.25, -0.2) is 0 Å². The highest BCUT2D eigenvalue weighted by Crippen LogP contribution is 2.35. The van der Waals surface area contributed by atoms with E-state index in [1.807, 2.05) is 12.1 Å². The first-order chi connectivity index (χ1) is 8.28. The normalized spacial score (nSPS) is 28.9. The number of hydrogen-bond donors (Lipinski definition) is 1. The number of rotatable bonds is 2. The predicted octanol–water partition coefficient (Wildman–Crippen LogP) is 3.68. The van der Waals surface area contributed by atoms with Gasteiger partial charge in [0.2, 0.25) is 0 Å². The van der Waals surface area contributed by atoms with Crippen molar-refractivity contribution in [2.75, 3.05) is 0 Å².